The third-order valence-electron chi connectivity index (χ3n) is 4.51. The fourth-order valence-corrected chi connectivity index (χ4v) is 3.18. The van der Waals surface area contributed by atoms with E-state index in [1.165, 1.54) is 4.90 Å². The second-order valence-corrected chi connectivity index (χ2v) is 6.48. The maximum absolute atomic E-state index is 13.0. The van der Waals surface area contributed by atoms with Gasteiger partial charge in [-0.15, -0.1) is 0 Å². The molecule has 0 fully saturated rings. The molecule has 3 aromatic rings. The number of carbonyl (C=O) groups is 2. The molecule has 0 saturated carbocycles. The topological polar surface area (TPSA) is 61.8 Å². The first-order valence-electron chi connectivity index (χ1n) is 9.08. The quantitative estimate of drug-likeness (QED) is 0.750. The van der Waals surface area contributed by atoms with Gasteiger partial charge in [0.05, 0.1) is 23.5 Å². The van der Waals surface area contributed by atoms with Crippen LogP contribution in [0.1, 0.15) is 12.0 Å². The lowest BCUT2D eigenvalue weighted by Crippen LogP contribution is -2.38. The monoisotopic (exact) mass is 369 g/mol. The van der Waals surface area contributed by atoms with E-state index in [1.807, 2.05) is 84.9 Å². The molecule has 0 aromatic heterocycles. The summed E-state index contributed by atoms with van der Waals surface area (Å²) in [5.74, 6) is -0.409. The molecule has 0 saturated heterocycles. The maximum Gasteiger partial charge on any atom is 0.244 e. The average molecular weight is 369 g/mol. The number of hydrogen-bond donors (Lipinski definition) is 1. The summed E-state index contributed by atoms with van der Waals surface area (Å²) in [4.78, 5) is 31.8. The van der Waals surface area contributed by atoms with Gasteiger partial charge in [-0.3, -0.25) is 14.6 Å². The van der Waals surface area contributed by atoms with Crippen molar-refractivity contribution in [3.05, 3.63) is 90.5 Å². The highest BCUT2D eigenvalue weighted by atomic mass is 16.2. The fraction of sp³-hybridized carbons (Fsp3) is 0.0870. The van der Waals surface area contributed by atoms with Gasteiger partial charge in [0, 0.05) is 5.69 Å². The van der Waals surface area contributed by atoms with E-state index in [4.69, 9.17) is 4.99 Å². The summed E-state index contributed by atoms with van der Waals surface area (Å²) in [5, 5.41) is 2.83. The Morgan fingerprint density at radius 1 is 0.893 bits per heavy atom. The number of amides is 2. The SMILES string of the molecule is O=C(CN1C(=O)CC(c2ccccc2)=Nc2ccccc21)Nc1ccccc1. The van der Waals surface area contributed by atoms with Crippen molar-refractivity contribution in [2.75, 3.05) is 16.8 Å². The average Bonchev–Trinajstić information content (AvgIpc) is 2.86. The van der Waals surface area contributed by atoms with Crippen LogP contribution in [0.25, 0.3) is 0 Å². The van der Waals surface area contributed by atoms with Gasteiger partial charge in [0.2, 0.25) is 11.8 Å². The molecule has 5 nitrogen and oxygen atoms in total. The van der Waals surface area contributed by atoms with Crippen LogP contribution in [0.15, 0.2) is 89.9 Å². The number of aliphatic imine (C=N–C) groups is 1. The normalized spacial score (nSPS) is 13.4. The van der Waals surface area contributed by atoms with Gasteiger partial charge in [-0.05, 0) is 29.8 Å². The highest BCUT2D eigenvalue weighted by Crippen LogP contribution is 2.32. The second kappa shape index (κ2) is 7.88. The van der Waals surface area contributed by atoms with Gasteiger partial charge in [0.15, 0.2) is 0 Å². The highest BCUT2D eigenvalue weighted by molar-refractivity contribution is 6.18. The lowest BCUT2D eigenvalue weighted by Gasteiger charge is -2.21. The van der Waals surface area contributed by atoms with Crippen LogP contribution in [-0.2, 0) is 9.59 Å². The van der Waals surface area contributed by atoms with Crippen LogP contribution in [-0.4, -0.2) is 24.1 Å². The largest absolute Gasteiger partial charge is 0.325 e. The van der Waals surface area contributed by atoms with Crippen molar-refractivity contribution >= 4 is 34.6 Å². The van der Waals surface area contributed by atoms with Crippen LogP contribution in [0.5, 0.6) is 0 Å². The number of nitrogens with one attached hydrogen (secondary N) is 1. The van der Waals surface area contributed by atoms with Gasteiger partial charge >= 0.3 is 0 Å². The van der Waals surface area contributed by atoms with E-state index in [-0.39, 0.29) is 24.8 Å². The molecular formula is C23H19N3O2. The lowest BCUT2D eigenvalue weighted by molar-refractivity contribution is -0.120. The molecule has 1 heterocycles. The zero-order chi connectivity index (χ0) is 19.3. The molecule has 1 N–H and O–H groups in total. The van der Waals surface area contributed by atoms with Crippen molar-refractivity contribution in [1.82, 2.24) is 0 Å². The molecule has 0 radical (unpaired) electrons. The Labute approximate surface area is 163 Å². The predicted molar refractivity (Wildman–Crippen MR) is 111 cm³/mol. The Kier molecular flexibility index (Phi) is 4.97. The number of hydrogen-bond acceptors (Lipinski definition) is 3. The van der Waals surface area contributed by atoms with Crippen molar-refractivity contribution in [2.24, 2.45) is 4.99 Å². The molecule has 0 bridgehead atoms. The Hall–Kier alpha value is -3.73. The van der Waals surface area contributed by atoms with E-state index in [1.54, 1.807) is 0 Å². The van der Waals surface area contributed by atoms with E-state index in [2.05, 4.69) is 5.32 Å². The number of nitrogens with zero attached hydrogens (tertiary/aromatic N) is 2. The van der Waals surface area contributed by atoms with E-state index in [0.717, 1.165) is 5.56 Å². The van der Waals surface area contributed by atoms with Gasteiger partial charge in [-0.2, -0.15) is 0 Å². The molecule has 3 aromatic carbocycles. The number of benzene rings is 3. The first kappa shape index (κ1) is 17.7. The highest BCUT2D eigenvalue weighted by Gasteiger charge is 2.26. The summed E-state index contributed by atoms with van der Waals surface area (Å²) in [6.45, 7) is -0.0671. The molecule has 0 atom stereocenters. The van der Waals surface area contributed by atoms with Crippen LogP contribution in [0, 0.1) is 0 Å². The first-order chi connectivity index (χ1) is 13.7. The molecule has 4 rings (SSSR count). The van der Waals surface area contributed by atoms with Crippen molar-refractivity contribution < 1.29 is 9.59 Å². The molecule has 0 aliphatic carbocycles. The van der Waals surface area contributed by atoms with E-state index >= 15 is 0 Å². The first-order valence-corrected chi connectivity index (χ1v) is 9.08. The molecular weight excluding hydrogens is 350 g/mol. The molecule has 5 heteroatoms. The third kappa shape index (κ3) is 3.83. The summed E-state index contributed by atoms with van der Waals surface area (Å²) in [6.07, 6.45) is 0.136. The van der Waals surface area contributed by atoms with Gasteiger partial charge in [-0.1, -0.05) is 60.7 Å². The summed E-state index contributed by atoms with van der Waals surface area (Å²) < 4.78 is 0. The van der Waals surface area contributed by atoms with Crippen LogP contribution >= 0.6 is 0 Å². The molecule has 0 spiro atoms. The molecule has 1 aliphatic rings. The standard InChI is InChI=1S/C23H19N3O2/c27-22(24-18-11-5-2-6-12-18)16-26-21-14-8-7-13-19(21)25-20(15-23(26)28)17-9-3-1-4-10-17/h1-14H,15-16H2,(H,24,27). The van der Waals surface area contributed by atoms with E-state index in [0.29, 0.717) is 22.8 Å². The van der Waals surface area contributed by atoms with Gasteiger partial charge in [0.25, 0.3) is 0 Å². The zero-order valence-electron chi connectivity index (χ0n) is 15.2. The number of anilines is 2. The Bertz CT molecular complexity index is 1030. The van der Waals surface area contributed by atoms with E-state index < -0.39 is 0 Å². The minimum absolute atomic E-state index is 0.0671. The van der Waals surface area contributed by atoms with Crippen molar-refractivity contribution in [1.29, 1.82) is 0 Å². The van der Waals surface area contributed by atoms with E-state index in [9.17, 15) is 9.59 Å². The van der Waals surface area contributed by atoms with Crippen molar-refractivity contribution in [3.63, 3.8) is 0 Å². The molecule has 28 heavy (non-hydrogen) atoms. The molecule has 1 aliphatic heterocycles. The van der Waals surface area contributed by atoms with Crippen LogP contribution in [0.4, 0.5) is 17.1 Å². The van der Waals surface area contributed by atoms with Gasteiger partial charge in [-0.25, -0.2) is 0 Å². The lowest BCUT2D eigenvalue weighted by atomic mass is 10.1. The van der Waals surface area contributed by atoms with Crippen LogP contribution in [0.2, 0.25) is 0 Å². The summed E-state index contributed by atoms with van der Waals surface area (Å²) in [6, 6.07) is 26.2. The Morgan fingerprint density at radius 2 is 1.54 bits per heavy atom. The van der Waals surface area contributed by atoms with Crippen molar-refractivity contribution in [2.45, 2.75) is 6.42 Å². The van der Waals surface area contributed by atoms with Crippen LogP contribution < -0.4 is 10.2 Å². The Morgan fingerprint density at radius 3 is 2.29 bits per heavy atom. The summed E-state index contributed by atoms with van der Waals surface area (Å²) in [5.41, 5.74) is 3.62. The summed E-state index contributed by atoms with van der Waals surface area (Å²) in [7, 11) is 0. The molecule has 138 valence electrons. The smallest absolute Gasteiger partial charge is 0.244 e. The maximum atomic E-state index is 13.0. The summed E-state index contributed by atoms with van der Waals surface area (Å²) >= 11 is 0. The minimum Gasteiger partial charge on any atom is -0.325 e. The number of rotatable bonds is 4. The zero-order valence-corrected chi connectivity index (χ0v) is 15.2. The van der Waals surface area contributed by atoms with Crippen molar-refractivity contribution in [3.8, 4) is 0 Å². The molecule has 2 amide bonds. The third-order valence-corrected chi connectivity index (χ3v) is 4.51. The Balaban J connectivity index is 1.62. The van der Waals surface area contributed by atoms with Gasteiger partial charge < -0.3 is 10.2 Å². The predicted octanol–water partition coefficient (Wildman–Crippen LogP) is 4.18. The van der Waals surface area contributed by atoms with Crippen LogP contribution in [0.3, 0.4) is 0 Å². The number of carbonyl (C=O) groups excluding carboxylic acids is 2. The number of para-hydroxylation sites is 3. The fourth-order valence-electron chi connectivity index (χ4n) is 3.18. The second-order valence-electron chi connectivity index (χ2n) is 6.48. The van der Waals surface area contributed by atoms with Gasteiger partial charge in [0.1, 0.15) is 6.54 Å². The molecule has 0 unspecified atom stereocenters. The number of fused-ring (bicyclic) bond motifs is 1. The minimum atomic E-state index is -0.252.